The number of carbonyl (C=O) groups excluding carboxylic acids is 1. The molecule has 0 aliphatic carbocycles. The van der Waals surface area contributed by atoms with Gasteiger partial charge in [0.1, 0.15) is 12.7 Å². The van der Waals surface area contributed by atoms with Gasteiger partial charge < -0.3 is 4.74 Å². The van der Waals surface area contributed by atoms with Gasteiger partial charge in [-0.2, -0.15) is 5.48 Å². The van der Waals surface area contributed by atoms with E-state index in [0.717, 1.165) is 5.57 Å². The minimum atomic E-state index is -0.299. The Labute approximate surface area is 71.5 Å². The predicted octanol–water partition coefficient (Wildman–Crippen LogP) is 0.399. The standard InChI is InChI=1S/C8H13NO3/c1-6(2)3-8(10)12-7-4-9-11-5-7/h3,7,9H,4-5H2,1-2H3/t7-/m0/s1. The maximum Gasteiger partial charge on any atom is 0.331 e. The van der Waals surface area contributed by atoms with Crippen LogP contribution in [-0.2, 0) is 14.4 Å². The van der Waals surface area contributed by atoms with Gasteiger partial charge >= 0.3 is 5.97 Å². The summed E-state index contributed by atoms with van der Waals surface area (Å²) in [6.45, 7) is 4.71. The lowest BCUT2D eigenvalue weighted by Crippen LogP contribution is -2.21. The fourth-order valence-corrected chi connectivity index (χ4v) is 0.872. The van der Waals surface area contributed by atoms with Gasteiger partial charge in [-0.1, -0.05) is 5.57 Å². The van der Waals surface area contributed by atoms with Crippen LogP contribution in [0.25, 0.3) is 0 Å². The lowest BCUT2D eigenvalue weighted by Gasteiger charge is -2.06. The second-order valence-electron chi connectivity index (χ2n) is 2.94. The molecule has 1 aliphatic rings. The van der Waals surface area contributed by atoms with Crippen molar-refractivity contribution in [3.05, 3.63) is 11.6 Å². The van der Waals surface area contributed by atoms with E-state index in [0.29, 0.717) is 13.2 Å². The third kappa shape index (κ3) is 3.02. The zero-order valence-corrected chi connectivity index (χ0v) is 7.29. The highest BCUT2D eigenvalue weighted by molar-refractivity contribution is 5.82. The van der Waals surface area contributed by atoms with Crippen LogP contribution < -0.4 is 5.48 Å². The summed E-state index contributed by atoms with van der Waals surface area (Å²) in [6.07, 6.45) is 1.33. The first kappa shape index (κ1) is 9.22. The Hall–Kier alpha value is -0.870. The third-order valence-electron chi connectivity index (χ3n) is 1.37. The van der Waals surface area contributed by atoms with E-state index in [1.807, 2.05) is 13.8 Å². The lowest BCUT2D eigenvalue weighted by molar-refractivity contribution is -0.142. The highest BCUT2D eigenvalue weighted by Crippen LogP contribution is 2.00. The van der Waals surface area contributed by atoms with Crippen molar-refractivity contribution < 1.29 is 14.4 Å². The van der Waals surface area contributed by atoms with Crippen LogP contribution in [0.15, 0.2) is 11.6 Å². The molecule has 1 fully saturated rings. The molecule has 1 heterocycles. The molecule has 4 heteroatoms. The van der Waals surface area contributed by atoms with Crippen molar-refractivity contribution in [3.63, 3.8) is 0 Å². The van der Waals surface area contributed by atoms with Crippen LogP contribution in [0.3, 0.4) is 0 Å². The Morgan fingerprint density at radius 3 is 2.92 bits per heavy atom. The van der Waals surface area contributed by atoms with Gasteiger partial charge in [0, 0.05) is 6.08 Å². The van der Waals surface area contributed by atoms with E-state index in [9.17, 15) is 4.79 Å². The average molecular weight is 171 g/mol. The van der Waals surface area contributed by atoms with Crippen molar-refractivity contribution in [3.8, 4) is 0 Å². The van der Waals surface area contributed by atoms with Crippen LogP contribution in [0.5, 0.6) is 0 Å². The summed E-state index contributed by atoms with van der Waals surface area (Å²) in [6, 6.07) is 0. The van der Waals surface area contributed by atoms with E-state index in [4.69, 9.17) is 9.57 Å². The summed E-state index contributed by atoms with van der Waals surface area (Å²) < 4.78 is 5.02. The van der Waals surface area contributed by atoms with E-state index < -0.39 is 0 Å². The van der Waals surface area contributed by atoms with Crippen LogP contribution in [0.2, 0.25) is 0 Å². The summed E-state index contributed by atoms with van der Waals surface area (Å²) in [5.41, 5.74) is 3.57. The number of hydrogen-bond donors (Lipinski definition) is 1. The van der Waals surface area contributed by atoms with E-state index in [-0.39, 0.29) is 12.1 Å². The van der Waals surface area contributed by atoms with E-state index in [2.05, 4.69) is 5.48 Å². The number of carbonyl (C=O) groups is 1. The van der Waals surface area contributed by atoms with E-state index >= 15 is 0 Å². The average Bonchev–Trinajstić information content (AvgIpc) is 2.37. The fourth-order valence-electron chi connectivity index (χ4n) is 0.872. The van der Waals surface area contributed by atoms with Gasteiger partial charge in [-0.3, -0.25) is 4.84 Å². The number of hydroxylamine groups is 1. The smallest absolute Gasteiger partial charge is 0.331 e. The van der Waals surface area contributed by atoms with E-state index in [1.54, 1.807) is 0 Å². The van der Waals surface area contributed by atoms with Crippen molar-refractivity contribution in [1.82, 2.24) is 5.48 Å². The molecule has 1 atom stereocenters. The SMILES string of the molecule is CC(C)=CC(=O)O[C@H]1CNOC1. The maximum absolute atomic E-state index is 11.0. The number of hydrogen-bond acceptors (Lipinski definition) is 4. The molecule has 0 aromatic heterocycles. The minimum Gasteiger partial charge on any atom is -0.455 e. The van der Waals surface area contributed by atoms with Gasteiger partial charge in [0.25, 0.3) is 0 Å². The molecule has 1 saturated heterocycles. The Bertz CT molecular complexity index is 190. The topological polar surface area (TPSA) is 47.6 Å². The molecular formula is C8H13NO3. The second-order valence-corrected chi connectivity index (χ2v) is 2.94. The number of allylic oxidation sites excluding steroid dienone is 1. The normalized spacial score (nSPS) is 22.0. The highest BCUT2D eigenvalue weighted by atomic mass is 16.7. The molecule has 12 heavy (non-hydrogen) atoms. The molecule has 0 saturated carbocycles. The van der Waals surface area contributed by atoms with Crippen molar-refractivity contribution in [2.45, 2.75) is 20.0 Å². The van der Waals surface area contributed by atoms with Crippen LogP contribution in [0, 0.1) is 0 Å². The summed E-state index contributed by atoms with van der Waals surface area (Å²) in [5.74, 6) is -0.299. The van der Waals surface area contributed by atoms with Crippen molar-refractivity contribution >= 4 is 5.97 Å². The molecule has 0 amide bonds. The Morgan fingerprint density at radius 2 is 2.42 bits per heavy atom. The first-order chi connectivity index (χ1) is 5.68. The zero-order chi connectivity index (χ0) is 8.97. The molecule has 0 aromatic rings. The van der Waals surface area contributed by atoms with Gasteiger partial charge in [0.05, 0.1) is 6.54 Å². The molecule has 1 N–H and O–H groups in total. The molecule has 68 valence electrons. The monoisotopic (exact) mass is 171 g/mol. The molecule has 0 unspecified atom stereocenters. The van der Waals surface area contributed by atoms with Gasteiger partial charge in [0.2, 0.25) is 0 Å². The minimum absolute atomic E-state index is 0.145. The van der Waals surface area contributed by atoms with Crippen molar-refractivity contribution in [2.75, 3.05) is 13.2 Å². The van der Waals surface area contributed by atoms with Gasteiger partial charge in [-0.15, -0.1) is 0 Å². The van der Waals surface area contributed by atoms with Crippen LogP contribution in [0.4, 0.5) is 0 Å². The number of rotatable bonds is 2. The molecule has 0 bridgehead atoms. The highest BCUT2D eigenvalue weighted by Gasteiger charge is 2.18. The molecule has 0 radical (unpaired) electrons. The largest absolute Gasteiger partial charge is 0.455 e. The molecule has 1 aliphatic heterocycles. The van der Waals surface area contributed by atoms with Crippen LogP contribution in [-0.4, -0.2) is 25.2 Å². The summed E-state index contributed by atoms with van der Waals surface area (Å²) >= 11 is 0. The number of nitrogens with one attached hydrogen (secondary N) is 1. The summed E-state index contributed by atoms with van der Waals surface area (Å²) in [5, 5.41) is 0. The van der Waals surface area contributed by atoms with E-state index in [1.165, 1.54) is 6.08 Å². The van der Waals surface area contributed by atoms with Crippen LogP contribution >= 0.6 is 0 Å². The Balaban J connectivity index is 2.30. The Morgan fingerprint density at radius 1 is 1.67 bits per heavy atom. The predicted molar refractivity (Wildman–Crippen MR) is 43.3 cm³/mol. The first-order valence-electron chi connectivity index (χ1n) is 3.88. The lowest BCUT2D eigenvalue weighted by atomic mass is 10.3. The zero-order valence-electron chi connectivity index (χ0n) is 7.29. The van der Waals surface area contributed by atoms with Gasteiger partial charge in [0.15, 0.2) is 0 Å². The molecule has 0 spiro atoms. The summed E-state index contributed by atoms with van der Waals surface area (Å²) in [4.78, 5) is 15.8. The molecule has 0 aromatic carbocycles. The third-order valence-corrected chi connectivity index (χ3v) is 1.37. The maximum atomic E-state index is 11.0. The molecule has 4 nitrogen and oxygen atoms in total. The van der Waals surface area contributed by atoms with Gasteiger partial charge in [-0.05, 0) is 13.8 Å². The van der Waals surface area contributed by atoms with Crippen molar-refractivity contribution in [1.29, 1.82) is 0 Å². The Kier molecular flexibility index (Phi) is 3.25. The number of esters is 1. The quantitative estimate of drug-likeness (QED) is 0.482. The van der Waals surface area contributed by atoms with Gasteiger partial charge in [-0.25, -0.2) is 4.79 Å². The van der Waals surface area contributed by atoms with Crippen LogP contribution in [0.1, 0.15) is 13.8 Å². The summed E-state index contributed by atoms with van der Waals surface area (Å²) in [7, 11) is 0. The fraction of sp³-hybridized carbons (Fsp3) is 0.625. The first-order valence-corrected chi connectivity index (χ1v) is 3.88. The molecule has 1 rings (SSSR count). The second kappa shape index (κ2) is 4.23. The van der Waals surface area contributed by atoms with Crippen molar-refractivity contribution in [2.24, 2.45) is 0 Å². The number of ether oxygens (including phenoxy) is 1. The molecular weight excluding hydrogens is 158 g/mol.